The average molecular weight is 233 g/mol. The third-order valence-electron chi connectivity index (χ3n) is 3.40. The number of fused-ring (bicyclic) bond motifs is 1. The van der Waals surface area contributed by atoms with Crippen LogP contribution in [0.15, 0.2) is 12.5 Å². The fourth-order valence-electron chi connectivity index (χ4n) is 2.39. The average Bonchev–Trinajstić information content (AvgIpc) is 2.95. The molecule has 0 aliphatic heterocycles. The van der Waals surface area contributed by atoms with Gasteiger partial charge in [0.2, 0.25) is 0 Å². The van der Waals surface area contributed by atoms with Crippen molar-refractivity contribution in [3.8, 4) is 0 Å². The first-order chi connectivity index (χ1) is 8.34. The minimum Gasteiger partial charge on any atom is -0.393 e. The Kier molecular flexibility index (Phi) is 2.64. The van der Waals surface area contributed by atoms with Crippen molar-refractivity contribution in [1.82, 2.24) is 20.2 Å². The Morgan fingerprint density at radius 3 is 3.18 bits per heavy atom. The molecular formula is C11H15N5O. The molecule has 1 saturated carbocycles. The lowest BCUT2D eigenvalue weighted by molar-refractivity contribution is 0.138. The van der Waals surface area contributed by atoms with Gasteiger partial charge in [-0.15, -0.1) is 0 Å². The monoisotopic (exact) mass is 233 g/mol. The predicted molar refractivity (Wildman–Crippen MR) is 63.5 cm³/mol. The highest BCUT2D eigenvalue weighted by Gasteiger charge is 2.25. The number of aliphatic hydroxyl groups is 1. The Hall–Kier alpha value is -1.69. The van der Waals surface area contributed by atoms with Crippen molar-refractivity contribution < 1.29 is 5.11 Å². The molecule has 0 aromatic carbocycles. The van der Waals surface area contributed by atoms with Gasteiger partial charge in [0.05, 0.1) is 17.7 Å². The van der Waals surface area contributed by atoms with Gasteiger partial charge >= 0.3 is 0 Å². The molecule has 1 aliphatic carbocycles. The minimum atomic E-state index is -0.177. The summed E-state index contributed by atoms with van der Waals surface area (Å²) in [4.78, 5) is 8.28. The second-order valence-electron chi connectivity index (χ2n) is 4.49. The van der Waals surface area contributed by atoms with Gasteiger partial charge in [-0.05, 0) is 12.8 Å². The van der Waals surface area contributed by atoms with Crippen LogP contribution in [0.2, 0.25) is 0 Å². The molecule has 6 nitrogen and oxygen atoms in total. The Labute approximate surface area is 98.5 Å². The lowest BCUT2D eigenvalue weighted by atomic mass is 10.1. The standard InChI is InChI=1S/C11H15N5O/c17-9-3-1-2-7(9)4-12-10-8-5-15-16-11(8)14-6-13-10/h5-7,9,17H,1-4H2,(H2,12,13,14,15,16). The Morgan fingerprint density at radius 1 is 1.41 bits per heavy atom. The van der Waals surface area contributed by atoms with Crippen LogP contribution in [0, 0.1) is 5.92 Å². The van der Waals surface area contributed by atoms with Gasteiger partial charge in [-0.25, -0.2) is 9.97 Å². The van der Waals surface area contributed by atoms with Crippen LogP contribution in [0.1, 0.15) is 19.3 Å². The van der Waals surface area contributed by atoms with Gasteiger partial charge in [0.25, 0.3) is 0 Å². The molecule has 1 aliphatic rings. The van der Waals surface area contributed by atoms with Crippen molar-refractivity contribution >= 4 is 16.9 Å². The maximum atomic E-state index is 9.75. The normalized spacial score (nSPS) is 24.3. The van der Waals surface area contributed by atoms with Crippen LogP contribution in [0.5, 0.6) is 0 Å². The van der Waals surface area contributed by atoms with E-state index in [4.69, 9.17) is 0 Å². The summed E-state index contributed by atoms with van der Waals surface area (Å²) in [5.41, 5.74) is 0.731. The molecule has 0 spiro atoms. The van der Waals surface area contributed by atoms with E-state index in [1.54, 1.807) is 6.20 Å². The topological polar surface area (TPSA) is 86.7 Å². The second kappa shape index (κ2) is 4.29. The molecule has 90 valence electrons. The summed E-state index contributed by atoms with van der Waals surface area (Å²) in [5, 5.41) is 20.7. The Morgan fingerprint density at radius 2 is 2.35 bits per heavy atom. The molecule has 0 bridgehead atoms. The molecule has 2 aromatic heterocycles. The first kappa shape index (κ1) is 10.5. The van der Waals surface area contributed by atoms with E-state index < -0.39 is 0 Å². The quantitative estimate of drug-likeness (QED) is 0.734. The number of hydrogen-bond donors (Lipinski definition) is 3. The van der Waals surface area contributed by atoms with Crippen LogP contribution in [0.4, 0.5) is 5.82 Å². The van der Waals surface area contributed by atoms with Gasteiger partial charge < -0.3 is 10.4 Å². The third-order valence-corrected chi connectivity index (χ3v) is 3.40. The molecule has 17 heavy (non-hydrogen) atoms. The highest BCUT2D eigenvalue weighted by Crippen LogP contribution is 2.26. The first-order valence-corrected chi connectivity index (χ1v) is 5.90. The first-order valence-electron chi connectivity index (χ1n) is 5.90. The number of aliphatic hydroxyl groups excluding tert-OH is 1. The second-order valence-corrected chi connectivity index (χ2v) is 4.49. The van der Waals surface area contributed by atoms with Gasteiger partial charge in [0.15, 0.2) is 5.65 Å². The number of nitrogens with one attached hydrogen (secondary N) is 2. The van der Waals surface area contributed by atoms with E-state index in [0.29, 0.717) is 5.92 Å². The smallest absolute Gasteiger partial charge is 0.160 e. The maximum Gasteiger partial charge on any atom is 0.160 e. The van der Waals surface area contributed by atoms with E-state index >= 15 is 0 Å². The van der Waals surface area contributed by atoms with Gasteiger partial charge in [-0.1, -0.05) is 6.42 Å². The Bertz CT molecular complexity index is 511. The van der Waals surface area contributed by atoms with Gasteiger partial charge in [-0.2, -0.15) is 5.10 Å². The van der Waals surface area contributed by atoms with Crippen LogP contribution in [-0.4, -0.2) is 37.9 Å². The van der Waals surface area contributed by atoms with Crippen LogP contribution in [0.25, 0.3) is 11.0 Å². The molecule has 2 heterocycles. The van der Waals surface area contributed by atoms with E-state index in [9.17, 15) is 5.11 Å². The van der Waals surface area contributed by atoms with Gasteiger partial charge in [0, 0.05) is 12.5 Å². The summed E-state index contributed by atoms with van der Waals surface area (Å²) < 4.78 is 0. The summed E-state index contributed by atoms with van der Waals surface area (Å²) in [5.74, 6) is 1.11. The number of anilines is 1. The minimum absolute atomic E-state index is 0.177. The number of rotatable bonds is 3. The molecular weight excluding hydrogens is 218 g/mol. The van der Waals surface area contributed by atoms with E-state index in [1.165, 1.54) is 6.33 Å². The fourth-order valence-corrected chi connectivity index (χ4v) is 2.39. The molecule has 0 radical (unpaired) electrons. The largest absolute Gasteiger partial charge is 0.393 e. The summed E-state index contributed by atoms with van der Waals surface area (Å²) in [7, 11) is 0. The lowest BCUT2D eigenvalue weighted by Crippen LogP contribution is -2.22. The van der Waals surface area contributed by atoms with Crippen molar-refractivity contribution in [1.29, 1.82) is 0 Å². The number of hydrogen-bond acceptors (Lipinski definition) is 5. The third kappa shape index (κ3) is 1.95. The molecule has 1 fully saturated rings. The van der Waals surface area contributed by atoms with Crippen molar-refractivity contribution in [2.45, 2.75) is 25.4 Å². The predicted octanol–water partition coefficient (Wildman–Crippen LogP) is 0.926. The number of aromatic amines is 1. The van der Waals surface area contributed by atoms with Gasteiger partial charge in [-0.3, -0.25) is 5.10 Å². The maximum absolute atomic E-state index is 9.75. The molecule has 2 atom stereocenters. The van der Waals surface area contributed by atoms with Crippen LogP contribution >= 0.6 is 0 Å². The molecule has 0 saturated heterocycles. The lowest BCUT2D eigenvalue weighted by Gasteiger charge is -2.15. The molecule has 3 rings (SSSR count). The number of H-pyrrole nitrogens is 1. The summed E-state index contributed by atoms with van der Waals surface area (Å²) >= 11 is 0. The summed E-state index contributed by atoms with van der Waals surface area (Å²) in [6.45, 7) is 0.748. The molecule has 0 amide bonds. The van der Waals surface area contributed by atoms with Crippen LogP contribution in [0.3, 0.4) is 0 Å². The fraction of sp³-hybridized carbons (Fsp3) is 0.545. The van der Waals surface area contributed by atoms with Crippen LogP contribution in [-0.2, 0) is 0 Å². The zero-order valence-electron chi connectivity index (χ0n) is 9.43. The van der Waals surface area contributed by atoms with E-state index in [0.717, 1.165) is 42.7 Å². The number of nitrogens with zero attached hydrogens (tertiary/aromatic N) is 3. The molecule has 2 aromatic rings. The highest BCUT2D eigenvalue weighted by atomic mass is 16.3. The van der Waals surface area contributed by atoms with E-state index in [1.807, 2.05) is 0 Å². The van der Waals surface area contributed by atoms with Crippen LogP contribution < -0.4 is 5.32 Å². The molecule has 6 heteroatoms. The summed E-state index contributed by atoms with van der Waals surface area (Å²) in [6.07, 6.45) is 6.14. The van der Waals surface area contributed by atoms with Crippen molar-refractivity contribution in [3.05, 3.63) is 12.5 Å². The van der Waals surface area contributed by atoms with E-state index in [2.05, 4.69) is 25.5 Å². The van der Waals surface area contributed by atoms with Crippen molar-refractivity contribution in [3.63, 3.8) is 0 Å². The zero-order valence-corrected chi connectivity index (χ0v) is 9.43. The zero-order chi connectivity index (χ0) is 11.7. The van der Waals surface area contributed by atoms with Crippen molar-refractivity contribution in [2.75, 3.05) is 11.9 Å². The SMILES string of the molecule is OC1CCCC1CNc1ncnc2[nH]ncc12. The molecule has 3 N–H and O–H groups in total. The highest BCUT2D eigenvalue weighted by molar-refractivity contribution is 5.85. The van der Waals surface area contributed by atoms with Crippen molar-refractivity contribution in [2.24, 2.45) is 5.92 Å². The van der Waals surface area contributed by atoms with E-state index in [-0.39, 0.29) is 6.10 Å². The van der Waals surface area contributed by atoms with Gasteiger partial charge in [0.1, 0.15) is 12.1 Å². The summed E-state index contributed by atoms with van der Waals surface area (Å²) in [6, 6.07) is 0. The molecule has 2 unspecified atom stereocenters. The Balaban J connectivity index is 1.74. The number of aromatic nitrogens is 4.